The van der Waals surface area contributed by atoms with Gasteiger partial charge < -0.3 is 15.6 Å². The minimum atomic E-state index is -4.25. The van der Waals surface area contributed by atoms with Crippen molar-refractivity contribution in [3.05, 3.63) is 67.0 Å². The smallest absolute Gasteiger partial charge is 0.354 e. The molecule has 1 amide bonds. The van der Waals surface area contributed by atoms with Crippen molar-refractivity contribution in [1.29, 1.82) is 0 Å². The summed E-state index contributed by atoms with van der Waals surface area (Å²) in [6, 6.07) is 7.12. The van der Waals surface area contributed by atoms with Gasteiger partial charge in [-0.25, -0.2) is 9.50 Å². The zero-order valence-electron chi connectivity index (χ0n) is 17.5. The van der Waals surface area contributed by atoms with Gasteiger partial charge in [0, 0.05) is 42.3 Å². The fraction of sp³-hybridized carbons (Fsp3) is 0.136. The molecule has 0 aliphatic carbocycles. The predicted octanol–water partition coefficient (Wildman–Crippen LogP) is 4.28. The summed E-state index contributed by atoms with van der Waals surface area (Å²) in [5, 5.41) is 10.3. The van der Waals surface area contributed by atoms with Gasteiger partial charge in [0.25, 0.3) is 5.91 Å². The molecule has 0 spiro atoms. The summed E-state index contributed by atoms with van der Waals surface area (Å²) in [5.41, 5.74) is 3.59. The van der Waals surface area contributed by atoms with Crippen LogP contribution in [-0.4, -0.2) is 48.2 Å². The van der Waals surface area contributed by atoms with Crippen molar-refractivity contribution in [2.24, 2.45) is 0 Å². The van der Waals surface area contributed by atoms with Gasteiger partial charge in [-0.15, -0.1) is 0 Å². The minimum Gasteiger partial charge on any atom is -0.354 e. The van der Waals surface area contributed by atoms with E-state index in [9.17, 15) is 18.0 Å². The Labute approximate surface area is 190 Å². The number of fused-ring (bicyclic) bond motifs is 2. The molecule has 0 unspecified atom stereocenters. The van der Waals surface area contributed by atoms with Crippen molar-refractivity contribution >= 4 is 34.1 Å². The number of hydrogen-bond donors (Lipinski definition) is 3. The zero-order valence-corrected chi connectivity index (χ0v) is 17.5. The van der Waals surface area contributed by atoms with Crippen molar-refractivity contribution in [2.45, 2.75) is 12.6 Å². The molecule has 5 rings (SSSR count). The van der Waals surface area contributed by atoms with Gasteiger partial charge in [0.05, 0.1) is 35.6 Å². The van der Waals surface area contributed by atoms with E-state index in [0.29, 0.717) is 27.8 Å². The van der Waals surface area contributed by atoms with Crippen LogP contribution in [0.4, 0.5) is 24.8 Å². The maximum Gasteiger partial charge on any atom is 0.390 e. The Kier molecular flexibility index (Phi) is 5.32. The van der Waals surface area contributed by atoms with Crippen molar-refractivity contribution < 1.29 is 18.0 Å². The van der Waals surface area contributed by atoms with E-state index >= 15 is 0 Å². The third kappa shape index (κ3) is 4.37. The number of nitrogens with one attached hydrogen (secondary N) is 3. The van der Waals surface area contributed by atoms with E-state index in [1.807, 2.05) is 12.1 Å². The summed E-state index contributed by atoms with van der Waals surface area (Å²) < 4.78 is 38.7. The first-order chi connectivity index (χ1) is 16.4. The Hall–Kier alpha value is -4.48. The highest BCUT2D eigenvalue weighted by Crippen LogP contribution is 2.29. The summed E-state index contributed by atoms with van der Waals surface area (Å²) >= 11 is 0. The van der Waals surface area contributed by atoms with Crippen LogP contribution in [0.5, 0.6) is 0 Å². The number of aromatic nitrogens is 6. The van der Waals surface area contributed by atoms with Crippen LogP contribution in [0.1, 0.15) is 16.8 Å². The molecule has 34 heavy (non-hydrogen) atoms. The average molecular weight is 466 g/mol. The standard InChI is InChI=1S/C22H17F3N8O/c23-22(24,25)4-6-27-21-29-11-16-15(10-28-19(16)32-21)13-3-7-33-18(8-13)17(12-30-33)20(34)31-14-2-1-5-26-9-14/h1-3,5,7-12H,4,6H2,(H,31,34)(H2,27,28,29,32). The van der Waals surface area contributed by atoms with Crippen LogP contribution in [0.2, 0.25) is 0 Å². The molecule has 12 heteroatoms. The van der Waals surface area contributed by atoms with Gasteiger partial charge in [0.1, 0.15) is 5.65 Å². The van der Waals surface area contributed by atoms with Crippen molar-refractivity contribution in [2.75, 3.05) is 17.2 Å². The van der Waals surface area contributed by atoms with E-state index in [2.05, 4.69) is 35.7 Å². The van der Waals surface area contributed by atoms with Gasteiger partial charge >= 0.3 is 6.18 Å². The van der Waals surface area contributed by atoms with Gasteiger partial charge in [-0.3, -0.25) is 9.78 Å². The number of aromatic amines is 1. The minimum absolute atomic E-state index is 0.103. The van der Waals surface area contributed by atoms with Crippen LogP contribution in [0.25, 0.3) is 27.7 Å². The third-order valence-electron chi connectivity index (χ3n) is 5.12. The van der Waals surface area contributed by atoms with E-state index in [0.717, 1.165) is 11.1 Å². The van der Waals surface area contributed by atoms with Gasteiger partial charge in [0.2, 0.25) is 5.95 Å². The van der Waals surface area contributed by atoms with Crippen LogP contribution < -0.4 is 10.6 Å². The van der Waals surface area contributed by atoms with Crippen molar-refractivity contribution in [3.8, 4) is 11.1 Å². The number of carbonyl (C=O) groups excluding carboxylic acids is 1. The fourth-order valence-corrected chi connectivity index (χ4v) is 3.51. The quantitative estimate of drug-likeness (QED) is 0.344. The summed E-state index contributed by atoms with van der Waals surface area (Å²) in [7, 11) is 0. The zero-order chi connectivity index (χ0) is 23.7. The molecule has 3 N–H and O–H groups in total. The molecular weight excluding hydrogens is 449 g/mol. The Bertz CT molecular complexity index is 1480. The van der Waals surface area contributed by atoms with Crippen molar-refractivity contribution in [3.63, 3.8) is 0 Å². The summed E-state index contributed by atoms with van der Waals surface area (Å²) in [6.07, 6.45) is 4.43. The highest BCUT2D eigenvalue weighted by molar-refractivity contribution is 6.09. The normalized spacial score (nSPS) is 11.7. The van der Waals surface area contributed by atoms with E-state index < -0.39 is 12.6 Å². The molecule has 0 aromatic carbocycles. The molecule has 5 heterocycles. The van der Waals surface area contributed by atoms with E-state index in [4.69, 9.17) is 0 Å². The van der Waals surface area contributed by atoms with Crippen molar-refractivity contribution in [1.82, 2.24) is 29.5 Å². The Balaban J connectivity index is 1.42. The largest absolute Gasteiger partial charge is 0.390 e. The first kappa shape index (κ1) is 21.4. The maximum atomic E-state index is 12.8. The second kappa shape index (κ2) is 8.46. The topological polar surface area (TPSA) is 113 Å². The highest BCUT2D eigenvalue weighted by atomic mass is 19.4. The third-order valence-corrected chi connectivity index (χ3v) is 5.12. The van der Waals surface area contributed by atoms with Crippen LogP contribution in [0.15, 0.2) is 61.4 Å². The number of carbonyl (C=O) groups is 1. The molecule has 0 aliphatic rings. The van der Waals surface area contributed by atoms with Gasteiger partial charge in [-0.2, -0.15) is 23.3 Å². The molecule has 0 atom stereocenters. The first-order valence-electron chi connectivity index (χ1n) is 10.2. The number of anilines is 2. The molecule has 172 valence electrons. The van der Waals surface area contributed by atoms with Gasteiger partial charge in [-0.05, 0) is 29.8 Å². The molecule has 0 fully saturated rings. The highest BCUT2D eigenvalue weighted by Gasteiger charge is 2.26. The number of pyridine rings is 2. The number of amides is 1. The number of halogens is 3. The summed E-state index contributed by atoms with van der Waals surface area (Å²) in [5.74, 6) is -0.220. The maximum absolute atomic E-state index is 12.8. The molecule has 0 saturated heterocycles. The average Bonchev–Trinajstić information content (AvgIpc) is 3.42. The van der Waals surface area contributed by atoms with Crippen LogP contribution in [0.3, 0.4) is 0 Å². The Morgan fingerprint density at radius 3 is 2.85 bits per heavy atom. The van der Waals surface area contributed by atoms with Crippen LogP contribution in [0, 0.1) is 0 Å². The molecule has 0 saturated carbocycles. The second-order valence-corrected chi connectivity index (χ2v) is 7.45. The molecule has 0 bridgehead atoms. The lowest BCUT2D eigenvalue weighted by Gasteiger charge is -2.07. The summed E-state index contributed by atoms with van der Waals surface area (Å²) in [6.45, 7) is -0.315. The molecule has 5 aromatic rings. The predicted molar refractivity (Wildman–Crippen MR) is 119 cm³/mol. The second-order valence-electron chi connectivity index (χ2n) is 7.45. The number of rotatable bonds is 6. The fourth-order valence-electron chi connectivity index (χ4n) is 3.51. The lowest BCUT2D eigenvalue weighted by atomic mass is 10.1. The number of alkyl halides is 3. The van der Waals surface area contributed by atoms with Crippen LogP contribution in [-0.2, 0) is 0 Å². The summed E-state index contributed by atoms with van der Waals surface area (Å²) in [4.78, 5) is 28.2. The molecule has 0 aliphatic heterocycles. The van der Waals surface area contributed by atoms with Crippen LogP contribution >= 0.6 is 0 Å². The molecular formula is C22H17F3N8O. The first-order valence-corrected chi connectivity index (χ1v) is 10.2. The van der Waals surface area contributed by atoms with E-state index in [-0.39, 0.29) is 18.4 Å². The Morgan fingerprint density at radius 2 is 2.06 bits per heavy atom. The Morgan fingerprint density at radius 1 is 1.18 bits per heavy atom. The number of hydrogen-bond acceptors (Lipinski definition) is 6. The number of nitrogens with zero attached hydrogens (tertiary/aromatic N) is 5. The van der Waals surface area contributed by atoms with E-state index in [1.54, 1.807) is 47.6 Å². The van der Waals surface area contributed by atoms with E-state index in [1.165, 1.54) is 6.20 Å². The lowest BCUT2D eigenvalue weighted by molar-refractivity contribution is -0.131. The SMILES string of the molecule is O=C(Nc1cccnc1)c1cnn2ccc(-c3c[nH]c4nc(NCCC(F)(F)F)ncc34)cc12. The van der Waals surface area contributed by atoms with Gasteiger partial charge in [-0.1, -0.05) is 0 Å². The lowest BCUT2D eigenvalue weighted by Crippen LogP contribution is -2.15. The van der Waals surface area contributed by atoms with Gasteiger partial charge in [0.15, 0.2) is 0 Å². The molecule has 5 aromatic heterocycles. The number of H-pyrrole nitrogens is 1. The molecule has 9 nitrogen and oxygen atoms in total. The molecule has 0 radical (unpaired) electrons. The monoisotopic (exact) mass is 466 g/mol.